The molecule has 33 heavy (non-hydrogen) atoms. The zero-order valence-electron chi connectivity index (χ0n) is 18.9. The first-order valence-electron chi connectivity index (χ1n) is 10.8. The number of sulfonamides is 1. The lowest BCUT2D eigenvalue weighted by Gasteiger charge is -2.19. The van der Waals surface area contributed by atoms with Crippen molar-refractivity contribution in [2.75, 3.05) is 29.0 Å². The van der Waals surface area contributed by atoms with Gasteiger partial charge in [0.25, 0.3) is 0 Å². The summed E-state index contributed by atoms with van der Waals surface area (Å²) in [6, 6.07) is 14.6. The third-order valence-electron chi connectivity index (χ3n) is 5.42. The molecular weight excluding hydrogens is 458 g/mol. The van der Waals surface area contributed by atoms with Crippen LogP contribution in [0.4, 0.5) is 11.6 Å². The van der Waals surface area contributed by atoms with Crippen molar-refractivity contribution in [3.8, 4) is 5.69 Å². The molecule has 4 rings (SSSR count). The number of thioether (sulfide) groups is 1. The number of hydrogen-bond acceptors (Lipinski definition) is 7. The minimum absolute atomic E-state index is 0.0629. The van der Waals surface area contributed by atoms with Gasteiger partial charge in [-0.2, -0.15) is 0 Å². The van der Waals surface area contributed by atoms with E-state index in [0.717, 1.165) is 43.8 Å². The van der Waals surface area contributed by atoms with Crippen LogP contribution in [0.15, 0.2) is 53.7 Å². The second kappa shape index (κ2) is 9.56. The number of benzene rings is 2. The summed E-state index contributed by atoms with van der Waals surface area (Å²) in [5.41, 5.74) is 3.06. The van der Waals surface area contributed by atoms with Crippen LogP contribution in [0.25, 0.3) is 5.69 Å². The lowest BCUT2D eigenvalue weighted by atomic mass is 10.1. The molecule has 2 heterocycles. The van der Waals surface area contributed by atoms with Gasteiger partial charge in [-0.05, 0) is 63.1 Å². The number of aryl methyl sites for hydroxylation is 1. The van der Waals surface area contributed by atoms with Gasteiger partial charge in [0, 0.05) is 24.3 Å². The van der Waals surface area contributed by atoms with Crippen LogP contribution in [0, 0.1) is 6.92 Å². The Morgan fingerprint density at radius 2 is 1.67 bits per heavy atom. The van der Waals surface area contributed by atoms with Gasteiger partial charge in [-0.15, -0.1) is 10.2 Å². The van der Waals surface area contributed by atoms with Crippen molar-refractivity contribution >= 4 is 39.2 Å². The van der Waals surface area contributed by atoms with Crippen LogP contribution in [0.1, 0.15) is 35.7 Å². The molecule has 0 radical (unpaired) electrons. The van der Waals surface area contributed by atoms with Gasteiger partial charge < -0.3 is 4.90 Å². The van der Waals surface area contributed by atoms with Crippen LogP contribution < -0.4 is 9.62 Å². The van der Waals surface area contributed by atoms with Crippen LogP contribution in [-0.4, -0.2) is 53.6 Å². The van der Waals surface area contributed by atoms with E-state index in [-0.39, 0.29) is 5.78 Å². The molecule has 0 amide bonds. The van der Waals surface area contributed by atoms with E-state index in [9.17, 15) is 13.2 Å². The van der Waals surface area contributed by atoms with Crippen molar-refractivity contribution in [3.63, 3.8) is 0 Å². The zero-order valence-corrected chi connectivity index (χ0v) is 20.5. The maximum absolute atomic E-state index is 13.1. The number of carbonyl (C=O) groups excluding carboxylic acids is 1. The highest BCUT2D eigenvalue weighted by Gasteiger charge is 2.25. The SMILES string of the molecule is Cc1ccc(-n2c(S[C@H](C)C(=O)c3ccc(NS(C)(=O)=O)cc3)nnc2N2CCCC2)cc1. The molecule has 1 aliphatic heterocycles. The fourth-order valence-electron chi connectivity index (χ4n) is 3.74. The second-order valence-corrected chi connectivity index (χ2v) is 11.3. The molecule has 0 saturated carbocycles. The van der Waals surface area contributed by atoms with Crippen LogP contribution in [0.5, 0.6) is 0 Å². The van der Waals surface area contributed by atoms with Gasteiger partial charge in [0.15, 0.2) is 10.9 Å². The van der Waals surface area contributed by atoms with E-state index in [1.807, 2.05) is 30.5 Å². The average molecular weight is 486 g/mol. The molecule has 0 aliphatic carbocycles. The number of ketones is 1. The van der Waals surface area contributed by atoms with E-state index in [1.165, 1.54) is 17.3 Å². The van der Waals surface area contributed by atoms with Crippen molar-refractivity contribution in [3.05, 3.63) is 59.7 Å². The fraction of sp³-hybridized carbons (Fsp3) is 0.348. The number of nitrogens with one attached hydrogen (secondary N) is 1. The topological polar surface area (TPSA) is 97.2 Å². The Kier molecular flexibility index (Phi) is 6.76. The first-order valence-corrected chi connectivity index (χ1v) is 13.5. The molecule has 0 unspecified atom stereocenters. The number of anilines is 2. The van der Waals surface area contributed by atoms with Crippen LogP contribution >= 0.6 is 11.8 Å². The molecule has 1 saturated heterocycles. The standard InChI is InChI=1S/C23H27N5O3S2/c1-16-6-12-20(13-7-16)28-22(27-14-4-5-15-27)24-25-23(28)32-17(2)21(29)18-8-10-19(11-9-18)26-33(3,30)31/h6-13,17,26H,4-5,14-15H2,1-3H3/t17-/m1/s1. The first-order chi connectivity index (χ1) is 15.7. The van der Waals surface area contributed by atoms with E-state index in [0.29, 0.717) is 16.4 Å². The van der Waals surface area contributed by atoms with Gasteiger partial charge in [-0.3, -0.25) is 14.1 Å². The summed E-state index contributed by atoms with van der Waals surface area (Å²) in [4.78, 5) is 15.3. The summed E-state index contributed by atoms with van der Waals surface area (Å²) in [5, 5.41) is 9.16. The minimum Gasteiger partial charge on any atom is -0.341 e. The number of nitrogens with zero attached hydrogens (tertiary/aromatic N) is 4. The van der Waals surface area contributed by atoms with E-state index >= 15 is 0 Å². The summed E-state index contributed by atoms with van der Waals surface area (Å²) >= 11 is 1.37. The Balaban J connectivity index is 1.58. The highest BCUT2D eigenvalue weighted by Crippen LogP contribution is 2.32. The fourth-order valence-corrected chi connectivity index (χ4v) is 5.25. The van der Waals surface area contributed by atoms with Crippen molar-refractivity contribution < 1.29 is 13.2 Å². The molecule has 174 valence electrons. The predicted octanol–water partition coefficient (Wildman–Crippen LogP) is 3.91. The van der Waals surface area contributed by atoms with Crippen molar-refractivity contribution in [1.82, 2.24) is 14.8 Å². The summed E-state index contributed by atoms with van der Waals surface area (Å²) < 4.78 is 27.2. The van der Waals surface area contributed by atoms with Crippen molar-refractivity contribution in [2.45, 2.75) is 37.1 Å². The van der Waals surface area contributed by atoms with E-state index in [2.05, 4.69) is 32.0 Å². The first kappa shape index (κ1) is 23.3. The average Bonchev–Trinajstić information content (AvgIpc) is 3.43. The Hall–Kier alpha value is -2.85. The number of aromatic nitrogens is 3. The molecule has 8 nitrogen and oxygen atoms in total. The smallest absolute Gasteiger partial charge is 0.232 e. The molecule has 1 aromatic heterocycles. The summed E-state index contributed by atoms with van der Waals surface area (Å²) in [7, 11) is -3.37. The van der Waals surface area contributed by atoms with Gasteiger partial charge in [0.05, 0.1) is 17.2 Å². The van der Waals surface area contributed by atoms with Gasteiger partial charge in [0.2, 0.25) is 16.0 Å². The number of Topliss-reactive ketones (excluding diaryl/α,β-unsaturated/α-hetero) is 1. The Morgan fingerprint density at radius 3 is 2.27 bits per heavy atom. The molecule has 0 bridgehead atoms. The highest BCUT2D eigenvalue weighted by atomic mass is 32.2. The molecule has 1 N–H and O–H groups in total. The van der Waals surface area contributed by atoms with Gasteiger partial charge in [0.1, 0.15) is 0 Å². The lowest BCUT2D eigenvalue weighted by Crippen LogP contribution is -2.22. The Bertz CT molecular complexity index is 1230. The van der Waals surface area contributed by atoms with Crippen LogP contribution in [0.3, 0.4) is 0 Å². The van der Waals surface area contributed by atoms with Gasteiger partial charge in [-0.1, -0.05) is 29.5 Å². The normalized spacial score (nSPS) is 14.9. The maximum atomic E-state index is 13.1. The van der Waals surface area contributed by atoms with Gasteiger partial charge >= 0.3 is 0 Å². The highest BCUT2D eigenvalue weighted by molar-refractivity contribution is 8.00. The van der Waals surface area contributed by atoms with Crippen LogP contribution in [0.2, 0.25) is 0 Å². The molecule has 1 fully saturated rings. The minimum atomic E-state index is -3.37. The summed E-state index contributed by atoms with van der Waals surface area (Å²) in [6.45, 7) is 5.78. The number of carbonyl (C=O) groups is 1. The number of rotatable bonds is 8. The van der Waals surface area contributed by atoms with E-state index in [4.69, 9.17) is 0 Å². The van der Waals surface area contributed by atoms with Crippen LogP contribution in [-0.2, 0) is 10.0 Å². The predicted molar refractivity (Wildman–Crippen MR) is 132 cm³/mol. The zero-order chi connectivity index (χ0) is 23.6. The van der Waals surface area contributed by atoms with Crippen molar-refractivity contribution in [2.24, 2.45) is 0 Å². The largest absolute Gasteiger partial charge is 0.341 e. The molecule has 0 spiro atoms. The number of hydrogen-bond donors (Lipinski definition) is 1. The Morgan fingerprint density at radius 1 is 1.03 bits per heavy atom. The third-order valence-corrected chi connectivity index (χ3v) is 7.07. The van der Waals surface area contributed by atoms with Crippen molar-refractivity contribution in [1.29, 1.82) is 0 Å². The molecule has 10 heteroatoms. The summed E-state index contributed by atoms with van der Waals surface area (Å²) in [6.07, 6.45) is 3.34. The molecular formula is C23H27N5O3S2. The Labute approximate surface area is 198 Å². The third kappa shape index (κ3) is 5.56. The quantitative estimate of drug-likeness (QED) is 0.382. The van der Waals surface area contributed by atoms with Gasteiger partial charge in [-0.25, -0.2) is 8.42 Å². The van der Waals surface area contributed by atoms with E-state index < -0.39 is 15.3 Å². The molecule has 2 aromatic carbocycles. The molecule has 1 atom stereocenters. The summed E-state index contributed by atoms with van der Waals surface area (Å²) in [5.74, 6) is 0.738. The molecule has 3 aromatic rings. The maximum Gasteiger partial charge on any atom is 0.232 e. The van der Waals surface area contributed by atoms with E-state index in [1.54, 1.807) is 24.3 Å². The second-order valence-electron chi connectivity index (χ2n) is 8.22. The monoisotopic (exact) mass is 485 g/mol. The lowest BCUT2D eigenvalue weighted by molar-refractivity contribution is 0.0994. The molecule has 1 aliphatic rings.